The number of aliphatic hydroxyl groups excluding tert-OH is 1. The maximum absolute atomic E-state index is 13.0. The van der Waals surface area contributed by atoms with Crippen LogP contribution in [0.1, 0.15) is 5.56 Å². The SMILES string of the molecule is CNC(=O)[C@@H](CO)NS(=O)(=O)Cc1ccc(F)c(Cl)c1. The molecule has 0 bridgehead atoms. The summed E-state index contributed by atoms with van der Waals surface area (Å²) in [7, 11) is -2.56. The highest BCUT2D eigenvalue weighted by Gasteiger charge is 2.23. The topological polar surface area (TPSA) is 95.5 Å². The summed E-state index contributed by atoms with van der Waals surface area (Å²) < 4.78 is 38.7. The van der Waals surface area contributed by atoms with Gasteiger partial charge in [0.1, 0.15) is 11.9 Å². The first-order chi connectivity index (χ1) is 9.29. The van der Waals surface area contributed by atoms with Crippen LogP contribution in [0.3, 0.4) is 0 Å². The van der Waals surface area contributed by atoms with Gasteiger partial charge in [-0.15, -0.1) is 0 Å². The average molecular weight is 325 g/mol. The van der Waals surface area contributed by atoms with Crippen molar-refractivity contribution in [3.63, 3.8) is 0 Å². The minimum atomic E-state index is -3.88. The minimum Gasteiger partial charge on any atom is -0.394 e. The van der Waals surface area contributed by atoms with E-state index in [9.17, 15) is 17.6 Å². The van der Waals surface area contributed by atoms with Gasteiger partial charge in [-0.05, 0) is 17.7 Å². The van der Waals surface area contributed by atoms with Crippen LogP contribution in [0, 0.1) is 5.82 Å². The van der Waals surface area contributed by atoms with E-state index in [4.69, 9.17) is 16.7 Å². The maximum atomic E-state index is 13.0. The fourth-order valence-corrected chi connectivity index (χ4v) is 2.98. The summed E-state index contributed by atoms with van der Waals surface area (Å²) in [6.45, 7) is -0.678. The van der Waals surface area contributed by atoms with Gasteiger partial charge in [-0.1, -0.05) is 17.7 Å². The highest BCUT2D eigenvalue weighted by Crippen LogP contribution is 2.17. The van der Waals surface area contributed by atoms with E-state index < -0.39 is 40.1 Å². The van der Waals surface area contributed by atoms with Crippen molar-refractivity contribution in [1.29, 1.82) is 0 Å². The van der Waals surface area contributed by atoms with Crippen LogP contribution in [-0.2, 0) is 20.6 Å². The van der Waals surface area contributed by atoms with Crippen LogP contribution in [-0.4, -0.2) is 39.1 Å². The zero-order valence-corrected chi connectivity index (χ0v) is 12.1. The van der Waals surface area contributed by atoms with E-state index in [1.165, 1.54) is 19.2 Å². The molecule has 112 valence electrons. The molecule has 0 radical (unpaired) electrons. The van der Waals surface area contributed by atoms with Gasteiger partial charge in [0.05, 0.1) is 17.4 Å². The molecule has 0 fully saturated rings. The van der Waals surface area contributed by atoms with Gasteiger partial charge in [-0.2, -0.15) is 0 Å². The number of hydrogen-bond acceptors (Lipinski definition) is 4. The summed E-state index contributed by atoms with van der Waals surface area (Å²) in [5.74, 6) is -1.80. The van der Waals surface area contributed by atoms with Crippen molar-refractivity contribution in [1.82, 2.24) is 10.0 Å². The first kappa shape index (κ1) is 16.8. The molecule has 0 saturated carbocycles. The number of likely N-dealkylation sites (N-methyl/N-ethyl adjacent to an activating group) is 1. The Kier molecular flexibility index (Phi) is 5.88. The third-order valence-electron chi connectivity index (χ3n) is 2.41. The van der Waals surface area contributed by atoms with Crippen molar-refractivity contribution >= 4 is 27.5 Å². The Morgan fingerprint density at radius 1 is 1.50 bits per heavy atom. The molecule has 0 unspecified atom stereocenters. The van der Waals surface area contributed by atoms with Gasteiger partial charge in [-0.25, -0.2) is 17.5 Å². The largest absolute Gasteiger partial charge is 0.394 e. The van der Waals surface area contributed by atoms with Crippen molar-refractivity contribution in [3.05, 3.63) is 34.6 Å². The number of nitrogens with one attached hydrogen (secondary N) is 2. The van der Waals surface area contributed by atoms with Crippen molar-refractivity contribution in [2.24, 2.45) is 0 Å². The van der Waals surface area contributed by atoms with E-state index in [-0.39, 0.29) is 10.6 Å². The molecule has 0 aliphatic heterocycles. The van der Waals surface area contributed by atoms with Crippen molar-refractivity contribution in [2.45, 2.75) is 11.8 Å². The molecule has 9 heteroatoms. The number of amides is 1. The average Bonchev–Trinajstić information content (AvgIpc) is 2.39. The molecular formula is C11H14ClFN2O4S. The molecule has 0 spiro atoms. The second kappa shape index (κ2) is 6.98. The van der Waals surface area contributed by atoms with E-state index in [1.54, 1.807) is 0 Å². The standard InChI is InChI=1S/C11H14ClFN2O4S/c1-14-11(17)10(5-16)15-20(18,19)6-7-2-3-9(13)8(12)4-7/h2-4,10,15-16H,5-6H2,1H3,(H,14,17)/t10-/m1/s1. The zero-order chi connectivity index (χ0) is 15.3. The van der Waals surface area contributed by atoms with E-state index in [0.717, 1.165) is 6.07 Å². The number of halogens is 2. The van der Waals surface area contributed by atoms with Crippen molar-refractivity contribution < 1.29 is 22.7 Å². The predicted molar refractivity (Wildman–Crippen MR) is 72.1 cm³/mol. The first-order valence-electron chi connectivity index (χ1n) is 5.55. The second-order valence-electron chi connectivity index (χ2n) is 3.97. The molecule has 1 aromatic rings. The van der Waals surface area contributed by atoms with Gasteiger partial charge >= 0.3 is 0 Å². The molecule has 20 heavy (non-hydrogen) atoms. The minimum absolute atomic E-state index is 0.192. The van der Waals surface area contributed by atoms with Crippen molar-refractivity contribution in [3.8, 4) is 0 Å². The monoisotopic (exact) mass is 324 g/mol. The zero-order valence-electron chi connectivity index (χ0n) is 10.6. The molecule has 1 rings (SSSR count). The fourth-order valence-electron chi connectivity index (χ4n) is 1.46. The van der Waals surface area contributed by atoms with Gasteiger partial charge < -0.3 is 10.4 Å². The van der Waals surface area contributed by atoms with Crippen LogP contribution in [0.5, 0.6) is 0 Å². The predicted octanol–water partition coefficient (Wildman–Crippen LogP) is 0.00540. The van der Waals surface area contributed by atoms with Gasteiger partial charge in [0, 0.05) is 7.05 Å². The van der Waals surface area contributed by atoms with E-state index in [2.05, 4.69) is 5.32 Å². The van der Waals surface area contributed by atoms with Crippen LogP contribution >= 0.6 is 11.6 Å². The second-order valence-corrected chi connectivity index (χ2v) is 6.14. The number of carbonyl (C=O) groups is 1. The molecule has 0 heterocycles. The lowest BCUT2D eigenvalue weighted by atomic mass is 10.2. The van der Waals surface area contributed by atoms with Gasteiger partial charge in [0.2, 0.25) is 15.9 Å². The van der Waals surface area contributed by atoms with Crippen LogP contribution in [0.25, 0.3) is 0 Å². The third kappa shape index (κ3) is 4.71. The summed E-state index contributed by atoms with van der Waals surface area (Å²) in [5, 5.41) is 11.0. The normalized spacial score (nSPS) is 13.0. The number of rotatable bonds is 6. The number of aliphatic hydroxyl groups is 1. The summed E-state index contributed by atoms with van der Waals surface area (Å²) in [6.07, 6.45) is 0. The summed E-state index contributed by atoms with van der Waals surface area (Å²) in [6, 6.07) is 2.23. The van der Waals surface area contributed by atoms with Crippen LogP contribution < -0.4 is 10.0 Å². The maximum Gasteiger partial charge on any atom is 0.240 e. The molecule has 0 aliphatic carbocycles. The van der Waals surface area contributed by atoms with E-state index in [1.807, 2.05) is 4.72 Å². The molecule has 6 nitrogen and oxygen atoms in total. The molecule has 1 aromatic carbocycles. The van der Waals surface area contributed by atoms with Gasteiger partial charge in [0.25, 0.3) is 0 Å². The van der Waals surface area contributed by atoms with Crippen molar-refractivity contribution in [2.75, 3.05) is 13.7 Å². The Bertz CT molecular complexity index is 594. The van der Waals surface area contributed by atoms with E-state index in [0.29, 0.717) is 0 Å². The van der Waals surface area contributed by atoms with Crippen LogP contribution in [0.2, 0.25) is 5.02 Å². The van der Waals surface area contributed by atoms with E-state index >= 15 is 0 Å². The Morgan fingerprint density at radius 3 is 2.65 bits per heavy atom. The third-order valence-corrected chi connectivity index (χ3v) is 4.05. The molecule has 0 aromatic heterocycles. The number of benzene rings is 1. The Hall–Kier alpha value is -1.22. The number of carbonyl (C=O) groups excluding carboxylic acids is 1. The summed E-state index contributed by atoms with van der Waals surface area (Å²) >= 11 is 5.55. The molecular weight excluding hydrogens is 311 g/mol. The van der Waals surface area contributed by atoms with Crippen LogP contribution in [0.15, 0.2) is 18.2 Å². The highest BCUT2D eigenvalue weighted by atomic mass is 35.5. The lowest BCUT2D eigenvalue weighted by Crippen LogP contribution is -2.48. The fraction of sp³-hybridized carbons (Fsp3) is 0.364. The molecule has 3 N–H and O–H groups in total. The first-order valence-corrected chi connectivity index (χ1v) is 7.58. The summed E-state index contributed by atoms with van der Waals surface area (Å²) in [5.41, 5.74) is 0.262. The molecule has 0 aliphatic rings. The quantitative estimate of drug-likeness (QED) is 0.686. The lowest BCUT2D eigenvalue weighted by Gasteiger charge is -2.15. The highest BCUT2D eigenvalue weighted by molar-refractivity contribution is 7.88. The smallest absolute Gasteiger partial charge is 0.240 e. The van der Waals surface area contributed by atoms with Gasteiger partial charge in [0.15, 0.2) is 0 Å². The Morgan fingerprint density at radius 2 is 2.15 bits per heavy atom. The lowest BCUT2D eigenvalue weighted by molar-refractivity contribution is -0.123. The Balaban J connectivity index is 2.83. The molecule has 0 saturated heterocycles. The Labute approximate surface area is 121 Å². The summed E-state index contributed by atoms with van der Waals surface area (Å²) in [4.78, 5) is 11.3. The molecule has 1 atom stereocenters. The number of sulfonamides is 1. The molecule has 1 amide bonds. The van der Waals surface area contributed by atoms with Gasteiger partial charge in [-0.3, -0.25) is 4.79 Å². The number of hydrogen-bond donors (Lipinski definition) is 3. The van der Waals surface area contributed by atoms with Crippen LogP contribution in [0.4, 0.5) is 4.39 Å².